The molecule has 1 N–H and O–H groups in total. The van der Waals surface area contributed by atoms with Crippen molar-refractivity contribution in [3.05, 3.63) is 35.9 Å². The molecule has 1 heterocycles. The van der Waals surface area contributed by atoms with Crippen LogP contribution >= 0.6 is 0 Å². The summed E-state index contributed by atoms with van der Waals surface area (Å²) >= 11 is 0. The summed E-state index contributed by atoms with van der Waals surface area (Å²) in [5, 5.41) is 2.99. The molecule has 1 fully saturated rings. The van der Waals surface area contributed by atoms with Crippen LogP contribution in [0.4, 0.5) is 0 Å². The Kier molecular flexibility index (Phi) is 4.73. The van der Waals surface area contributed by atoms with Crippen molar-refractivity contribution in [1.29, 1.82) is 0 Å². The van der Waals surface area contributed by atoms with Gasteiger partial charge in [-0.1, -0.05) is 30.3 Å². The number of hydrogen-bond acceptors (Lipinski definition) is 3. The van der Waals surface area contributed by atoms with Crippen LogP contribution in [-0.2, 0) is 16.1 Å². The second kappa shape index (κ2) is 6.52. The Hall–Kier alpha value is -1.39. The van der Waals surface area contributed by atoms with Crippen molar-refractivity contribution in [2.45, 2.75) is 19.0 Å². The normalized spacial score (nSPS) is 19.9. The van der Waals surface area contributed by atoms with Crippen molar-refractivity contribution >= 4 is 5.91 Å². The Morgan fingerprint density at radius 2 is 2.22 bits per heavy atom. The summed E-state index contributed by atoms with van der Waals surface area (Å²) in [5.41, 5.74) is 1.32. The van der Waals surface area contributed by atoms with Crippen molar-refractivity contribution < 1.29 is 9.53 Å². The Morgan fingerprint density at radius 3 is 2.94 bits per heavy atom. The number of carbonyl (C=O) groups excluding carboxylic acids is 1. The minimum Gasteiger partial charge on any atom is -0.375 e. The maximum absolute atomic E-state index is 11.4. The van der Waals surface area contributed by atoms with Crippen LogP contribution < -0.4 is 5.32 Å². The Bertz CT molecular complexity index is 381. The summed E-state index contributed by atoms with van der Waals surface area (Å²) in [6.45, 7) is 3.06. The lowest BCUT2D eigenvalue weighted by atomic mass is 10.2. The van der Waals surface area contributed by atoms with E-state index in [0.29, 0.717) is 0 Å². The molecule has 1 unspecified atom stereocenters. The van der Waals surface area contributed by atoms with Crippen LogP contribution in [0.3, 0.4) is 0 Å². The number of likely N-dealkylation sites (tertiary alicyclic amines) is 1. The van der Waals surface area contributed by atoms with Gasteiger partial charge >= 0.3 is 0 Å². The van der Waals surface area contributed by atoms with Gasteiger partial charge in [0, 0.05) is 32.8 Å². The molecule has 1 atom stereocenters. The summed E-state index contributed by atoms with van der Waals surface area (Å²) in [7, 11) is 1.54. The number of amides is 1. The van der Waals surface area contributed by atoms with Gasteiger partial charge in [0.25, 0.3) is 0 Å². The quantitative estimate of drug-likeness (QED) is 0.846. The summed E-state index contributed by atoms with van der Waals surface area (Å²) in [5.74, 6) is -0.0240. The molecule has 0 radical (unpaired) electrons. The predicted molar refractivity (Wildman–Crippen MR) is 70.1 cm³/mol. The van der Waals surface area contributed by atoms with E-state index < -0.39 is 0 Å². The Balaban J connectivity index is 1.76. The molecule has 1 aliphatic rings. The molecule has 0 aliphatic carbocycles. The number of nitrogens with zero attached hydrogens (tertiary/aromatic N) is 1. The number of methoxy groups -OCH3 is 1. The largest absolute Gasteiger partial charge is 0.375 e. The van der Waals surface area contributed by atoms with Crippen LogP contribution in [0.15, 0.2) is 30.3 Å². The van der Waals surface area contributed by atoms with E-state index in [1.165, 1.54) is 12.7 Å². The molecule has 2 rings (SSSR count). The maximum atomic E-state index is 11.4. The zero-order chi connectivity index (χ0) is 12.8. The number of carbonyl (C=O) groups is 1. The van der Waals surface area contributed by atoms with Gasteiger partial charge in [0.05, 0.1) is 0 Å². The van der Waals surface area contributed by atoms with Crippen LogP contribution in [-0.4, -0.2) is 43.7 Å². The minimum atomic E-state index is -0.0240. The molecule has 0 aromatic heterocycles. The lowest BCUT2D eigenvalue weighted by Crippen LogP contribution is -2.38. The van der Waals surface area contributed by atoms with Gasteiger partial charge in [-0.15, -0.1) is 0 Å². The van der Waals surface area contributed by atoms with Gasteiger partial charge in [-0.25, -0.2) is 0 Å². The molecule has 0 bridgehead atoms. The molecular formula is C14H20N2O2. The van der Waals surface area contributed by atoms with Crippen molar-refractivity contribution in [3.8, 4) is 0 Å². The molecule has 4 nitrogen and oxygen atoms in total. The van der Waals surface area contributed by atoms with Gasteiger partial charge in [-0.05, 0) is 12.0 Å². The predicted octanol–water partition coefficient (Wildman–Crippen LogP) is 1.02. The first-order valence-corrected chi connectivity index (χ1v) is 6.32. The minimum absolute atomic E-state index is 0.0240. The van der Waals surface area contributed by atoms with E-state index >= 15 is 0 Å². The molecule has 0 saturated carbocycles. The van der Waals surface area contributed by atoms with Crippen LogP contribution in [0.1, 0.15) is 12.0 Å². The van der Waals surface area contributed by atoms with Crippen LogP contribution in [0.25, 0.3) is 0 Å². The molecule has 18 heavy (non-hydrogen) atoms. The van der Waals surface area contributed by atoms with Crippen molar-refractivity contribution in [2.24, 2.45) is 0 Å². The average molecular weight is 248 g/mol. The van der Waals surface area contributed by atoms with E-state index in [-0.39, 0.29) is 18.6 Å². The third-order valence-electron chi connectivity index (χ3n) is 3.16. The van der Waals surface area contributed by atoms with Gasteiger partial charge in [-0.2, -0.15) is 0 Å². The van der Waals surface area contributed by atoms with Crippen LogP contribution in [0.2, 0.25) is 0 Å². The molecular weight excluding hydrogens is 228 g/mol. The first-order chi connectivity index (χ1) is 8.78. The van der Waals surface area contributed by atoms with Crippen molar-refractivity contribution in [1.82, 2.24) is 10.2 Å². The number of hydrogen-bond donors (Lipinski definition) is 1. The number of benzene rings is 1. The standard InChI is InChI=1S/C14H20N2O2/c1-18-11-14(17)15-13-7-8-16(10-13)9-12-5-3-2-4-6-12/h2-6,13H,7-11H2,1H3,(H,15,17). The third-order valence-corrected chi connectivity index (χ3v) is 3.16. The molecule has 1 amide bonds. The second-order valence-electron chi connectivity index (χ2n) is 4.71. The van der Waals surface area contributed by atoms with Crippen LogP contribution in [0, 0.1) is 0 Å². The van der Waals surface area contributed by atoms with E-state index in [9.17, 15) is 4.79 Å². The molecule has 1 aliphatic heterocycles. The lowest BCUT2D eigenvalue weighted by molar-refractivity contribution is -0.125. The van der Waals surface area contributed by atoms with Crippen LogP contribution in [0.5, 0.6) is 0 Å². The topological polar surface area (TPSA) is 41.6 Å². The van der Waals surface area contributed by atoms with E-state index in [1.807, 2.05) is 6.07 Å². The molecule has 1 aromatic carbocycles. The molecule has 4 heteroatoms. The Morgan fingerprint density at radius 1 is 1.44 bits per heavy atom. The van der Waals surface area contributed by atoms with Gasteiger partial charge in [0.1, 0.15) is 6.61 Å². The van der Waals surface area contributed by atoms with Gasteiger partial charge in [0.2, 0.25) is 5.91 Å². The molecule has 1 saturated heterocycles. The smallest absolute Gasteiger partial charge is 0.246 e. The number of nitrogens with one attached hydrogen (secondary N) is 1. The summed E-state index contributed by atoms with van der Waals surface area (Å²) in [4.78, 5) is 13.8. The fourth-order valence-corrected chi connectivity index (χ4v) is 2.34. The maximum Gasteiger partial charge on any atom is 0.246 e. The Labute approximate surface area is 108 Å². The molecule has 98 valence electrons. The highest BCUT2D eigenvalue weighted by Gasteiger charge is 2.23. The van der Waals surface area contributed by atoms with Gasteiger partial charge in [0.15, 0.2) is 0 Å². The molecule has 0 spiro atoms. The first-order valence-electron chi connectivity index (χ1n) is 6.32. The highest BCUT2D eigenvalue weighted by Crippen LogP contribution is 2.13. The second-order valence-corrected chi connectivity index (χ2v) is 4.71. The van der Waals surface area contributed by atoms with Crippen molar-refractivity contribution in [3.63, 3.8) is 0 Å². The van der Waals surface area contributed by atoms with E-state index in [2.05, 4.69) is 34.5 Å². The summed E-state index contributed by atoms with van der Waals surface area (Å²) in [6, 6.07) is 10.7. The highest BCUT2D eigenvalue weighted by molar-refractivity contribution is 5.77. The van der Waals surface area contributed by atoms with E-state index in [0.717, 1.165) is 26.1 Å². The van der Waals surface area contributed by atoms with Gasteiger partial charge < -0.3 is 10.1 Å². The number of ether oxygens (including phenoxy) is 1. The fraction of sp³-hybridized carbons (Fsp3) is 0.500. The van der Waals surface area contributed by atoms with E-state index in [1.54, 1.807) is 0 Å². The van der Waals surface area contributed by atoms with E-state index in [4.69, 9.17) is 4.74 Å². The highest BCUT2D eigenvalue weighted by atomic mass is 16.5. The lowest BCUT2D eigenvalue weighted by Gasteiger charge is -2.16. The summed E-state index contributed by atoms with van der Waals surface area (Å²) in [6.07, 6.45) is 1.02. The number of rotatable bonds is 5. The fourth-order valence-electron chi connectivity index (χ4n) is 2.34. The SMILES string of the molecule is COCC(=O)NC1CCN(Cc2ccccc2)C1. The first kappa shape index (κ1) is 13.1. The zero-order valence-corrected chi connectivity index (χ0v) is 10.8. The van der Waals surface area contributed by atoms with Gasteiger partial charge in [-0.3, -0.25) is 9.69 Å². The average Bonchev–Trinajstić information content (AvgIpc) is 2.78. The zero-order valence-electron chi connectivity index (χ0n) is 10.8. The van der Waals surface area contributed by atoms with Crippen molar-refractivity contribution in [2.75, 3.05) is 26.8 Å². The third kappa shape index (κ3) is 3.82. The summed E-state index contributed by atoms with van der Waals surface area (Å²) < 4.78 is 4.81. The monoisotopic (exact) mass is 248 g/mol. The molecule has 1 aromatic rings.